The van der Waals surface area contributed by atoms with Crippen LogP contribution in [0, 0.1) is 0 Å². The molecule has 8 nitrogen and oxygen atoms in total. The number of hydrogen-bond donors (Lipinski definition) is 1. The average Bonchev–Trinajstić information content (AvgIpc) is 3.28. The predicted octanol–water partition coefficient (Wildman–Crippen LogP) is 1.87. The van der Waals surface area contributed by atoms with E-state index in [4.69, 9.17) is 4.98 Å². The Morgan fingerprint density at radius 2 is 2.08 bits per heavy atom. The third-order valence-electron chi connectivity index (χ3n) is 5.27. The first-order chi connectivity index (χ1) is 12.7. The van der Waals surface area contributed by atoms with Crippen LogP contribution in [-0.2, 0) is 13.0 Å². The number of thiophene rings is 1. The second-order valence-corrected chi connectivity index (χ2v) is 7.69. The standard InChI is InChI=1S/C17H26N8S/c1-4-23(5-2)10-8-18-15-14-12-7-9-24(6-3)11-13(12)26-16(14)25-17(19-15)20-21-22-25/h4-11H2,1-3H3,(H,18,19,20,22). The number of anilines is 1. The predicted molar refractivity (Wildman–Crippen MR) is 105 cm³/mol. The van der Waals surface area contributed by atoms with Crippen LogP contribution in [0.4, 0.5) is 5.82 Å². The molecule has 0 spiro atoms. The van der Waals surface area contributed by atoms with E-state index in [-0.39, 0.29) is 0 Å². The molecule has 0 atom stereocenters. The summed E-state index contributed by atoms with van der Waals surface area (Å²) in [5.41, 5.74) is 1.42. The van der Waals surface area contributed by atoms with Gasteiger partial charge in [-0.25, -0.2) is 0 Å². The Labute approximate surface area is 157 Å². The molecule has 0 aromatic carbocycles. The molecule has 1 aliphatic heterocycles. The number of aromatic nitrogens is 5. The Kier molecular flexibility index (Phi) is 5.01. The molecule has 0 fully saturated rings. The third-order valence-corrected chi connectivity index (χ3v) is 6.47. The van der Waals surface area contributed by atoms with E-state index in [1.165, 1.54) is 15.8 Å². The molecule has 3 aromatic rings. The van der Waals surface area contributed by atoms with Gasteiger partial charge in [-0.15, -0.1) is 11.3 Å². The minimum atomic E-state index is 0.564. The summed E-state index contributed by atoms with van der Waals surface area (Å²) in [6, 6.07) is 0. The van der Waals surface area contributed by atoms with Gasteiger partial charge < -0.3 is 10.2 Å². The van der Waals surface area contributed by atoms with Crippen molar-refractivity contribution >= 4 is 33.1 Å². The van der Waals surface area contributed by atoms with Crippen molar-refractivity contribution in [2.24, 2.45) is 0 Å². The summed E-state index contributed by atoms with van der Waals surface area (Å²) in [5, 5.41) is 16.8. The van der Waals surface area contributed by atoms with Crippen molar-refractivity contribution in [1.29, 1.82) is 0 Å². The molecule has 0 bridgehead atoms. The van der Waals surface area contributed by atoms with Crippen LogP contribution in [0.1, 0.15) is 31.2 Å². The lowest BCUT2D eigenvalue weighted by Gasteiger charge is -2.25. The zero-order valence-corrected chi connectivity index (χ0v) is 16.5. The van der Waals surface area contributed by atoms with Crippen molar-refractivity contribution in [1.82, 2.24) is 34.8 Å². The number of tetrazole rings is 1. The van der Waals surface area contributed by atoms with Gasteiger partial charge >= 0.3 is 0 Å². The zero-order valence-electron chi connectivity index (χ0n) is 15.7. The highest BCUT2D eigenvalue weighted by Gasteiger charge is 2.25. The Hall–Kier alpha value is -1.84. The van der Waals surface area contributed by atoms with Crippen molar-refractivity contribution < 1.29 is 0 Å². The van der Waals surface area contributed by atoms with Crippen molar-refractivity contribution in [3.63, 3.8) is 0 Å². The van der Waals surface area contributed by atoms with E-state index >= 15 is 0 Å². The van der Waals surface area contributed by atoms with Gasteiger partial charge in [-0.3, -0.25) is 4.90 Å². The van der Waals surface area contributed by atoms with E-state index in [9.17, 15) is 0 Å². The van der Waals surface area contributed by atoms with Crippen molar-refractivity contribution in [3.05, 3.63) is 10.4 Å². The van der Waals surface area contributed by atoms with E-state index in [0.717, 1.165) is 62.9 Å². The van der Waals surface area contributed by atoms with Crippen LogP contribution in [0.15, 0.2) is 0 Å². The smallest absolute Gasteiger partial charge is 0.276 e. The van der Waals surface area contributed by atoms with E-state index < -0.39 is 0 Å². The van der Waals surface area contributed by atoms with Crippen LogP contribution in [0.5, 0.6) is 0 Å². The van der Waals surface area contributed by atoms with E-state index in [1.807, 2.05) is 0 Å². The first-order valence-electron chi connectivity index (χ1n) is 9.46. The zero-order chi connectivity index (χ0) is 18.1. The summed E-state index contributed by atoms with van der Waals surface area (Å²) in [6.07, 6.45) is 1.06. The molecule has 4 heterocycles. The lowest BCUT2D eigenvalue weighted by Crippen LogP contribution is -2.29. The van der Waals surface area contributed by atoms with Gasteiger partial charge in [0, 0.05) is 31.1 Å². The number of likely N-dealkylation sites (N-methyl/N-ethyl adjacent to an activating group) is 2. The van der Waals surface area contributed by atoms with Crippen LogP contribution in [0.2, 0.25) is 0 Å². The molecule has 1 N–H and O–H groups in total. The van der Waals surface area contributed by atoms with Gasteiger partial charge in [-0.2, -0.15) is 9.50 Å². The van der Waals surface area contributed by atoms with Gasteiger partial charge in [0.15, 0.2) is 0 Å². The number of rotatable bonds is 7. The second kappa shape index (κ2) is 7.42. The number of nitrogens with zero attached hydrogens (tertiary/aromatic N) is 7. The topological polar surface area (TPSA) is 74.5 Å². The Morgan fingerprint density at radius 1 is 1.23 bits per heavy atom. The summed E-state index contributed by atoms with van der Waals surface area (Å²) >= 11 is 1.80. The van der Waals surface area contributed by atoms with Crippen LogP contribution in [0.3, 0.4) is 0 Å². The van der Waals surface area contributed by atoms with Gasteiger partial charge in [0.05, 0.1) is 5.39 Å². The summed E-state index contributed by atoms with van der Waals surface area (Å²) in [4.78, 5) is 12.1. The Balaban J connectivity index is 1.72. The molecule has 26 heavy (non-hydrogen) atoms. The van der Waals surface area contributed by atoms with Gasteiger partial charge in [0.2, 0.25) is 0 Å². The second-order valence-electron chi connectivity index (χ2n) is 6.61. The van der Waals surface area contributed by atoms with Crippen LogP contribution < -0.4 is 5.32 Å². The molecule has 0 saturated carbocycles. The molecule has 0 aliphatic carbocycles. The molecule has 0 radical (unpaired) electrons. The molecule has 3 aromatic heterocycles. The molecule has 1 aliphatic rings. The maximum atomic E-state index is 4.72. The fourth-order valence-electron chi connectivity index (χ4n) is 3.64. The largest absolute Gasteiger partial charge is 0.368 e. The van der Waals surface area contributed by atoms with Gasteiger partial charge in [-0.05, 0) is 42.0 Å². The highest BCUT2D eigenvalue weighted by atomic mass is 32.1. The Bertz CT molecular complexity index is 897. The molecule has 0 amide bonds. The fourth-order valence-corrected chi connectivity index (χ4v) is 4.98. The van der Waals surface area contributed by atoms with Crippen molar-refractivity contribution in [2.45, 2.75) is 33.7 Å². The van der Waals surface area contributed by atoms with Crippen molar-refractivity contribution in [3.8, 4) is 0 Å². The quantitative estimate of drug-likeness (QED) is 0.677. The summed E-state index contributed by atoms with van der Waals surface area (Å²) < 4.78 is 1.78. The van der Waals surface area contributed by atoms with Crippen LogP contribution in [-0.4, -0.2) is 74.1 Å². The number of nitrogens with one attached hydrogen (secondary N) is 1. The fraction of sp³-hybridized carbons (Fsp3) is 0.647. The lowest BCUT2D eigenvalue weighted by atomic mass is 10.1. The normalized spacial score (nSPS) is 15.2. The molecule has 9 heteroatoms. The summed E-state index contributed by atoms with van der Waals surface area (Å²) in [5.74, 6) is 1.49. The highest BCUT2D eigenvalue weighted by molar-refractivity contribution is 7.19. The summed E-state index contributed by atoms with van der Waals surface area (Å²) in [6.45, 7) is 13.8. The van der Waals surface area contributed by atoms with Gasteiger partial charge in [0.25, 0.3) is 5.78 Å². The van der Waals surface area contributed by atoms with Gasteiger partial charge in [-0.1, -0.05) is 25.9 Å². The highest BCUT2D eigenvalue weighted by Crippen LogP contribution is 2.38. The van der Waals surface area contributed by atoms with E-state index in [0.29, 0.717) is 5.78 Å². The lowest BCUT2D eigenvalue weighted by molar-refractivity contribution is 0.272. The average molecular weight is 375 g/mol. The maximum absolute atomic E-state index is 4.72. The number of hydrogen-bond acceptors (Lipinski definition) is 8. The monoisotopic (exact) mass is 374 g/mol. The van der Waals surface area contributed by atoms with Crippen molar-refractivity contribution in [2.75, 3.05) is 44.6 Å². The van der Waals surface area contributed by atoms with Crippen LogP contribution in [0.25, 0.3) is 16.0 Å². The van der Waals surface area contributed by atoms with E-state index in [1.54, 1.807) is 15.9 Å². The first kappa shape index (κ1) is 17.6. The Morgan fingerprint density at radius 3 is 2.85 bits per heavy atom. The van der Waals surface area contributed by atoms with Gasteiger partial charge in [0.1, 0.15) is 10.6 Å². The number of fused-ring (bicyclic) bond motifs is 5. The van der Waals surface area contributed by atoms with Crippen LogP contribution >= 0.6 is 11.3 Å². The third kappa shape index (κ3) is 3.04. The maximum Gasteiger partial charge on any atom is 0.276 e. The molecule has 0 saturated heterocycles. The molecule has 4 rings (SSSR count). The molecule has 0 unspecified atom stereocenters. The molecular formula is C17H26N8S. The molecular weight excluding hydrogens is 348 g/mol. The van der Waals surface area contributed by atoms with E-state index in [2.05, 4.69) is 51.4 Å². The minimum Gasteiger partial charge on any atom is -0.368 e. The SMILES string of the molecule is CCN(CC)CCNc1nc2nnnn2c2sc3c(c12)CCN(CC)C3. The minimum absolute atomic E-state index is 0.564. The summed E-state index contributed by atoms with van der Waals surface area (Å²) in [7, 11) is 0. The first-order valence-corrected chi connectivity index (χ1v) is 10.3. The molecule has 140 valence electrons.